The Kier molecular flexibility index (Phi) is 3.69. The van der Waals surface area contributed by atoms with E-state index in [9.17, 15) is 4.39 Å². The Morgan fingerprint density at radius 2 is 2.35 bits per heavy atom. The molecule has 3 atom stereocenters. The minimum absolute atomic E-state index is 0.168. The Hall–Kier alpha value is -1.13. The van der Waals surface area contributed by atoms with Crippen LogP contribution in [0, 0.1) is 11.7 Å². The average molecular weight is 278 g/mol. The van der Waals surface area contributed by atoms with Crippen molar-refractivity contribution in [2.75, 3.05) is 19.6 Å². The first-order chi connectivity index (χ1) is 9.64. The third kappa shape index (κ3) is 2.31. The van der Waals surface area contributed by atoms with Gasteiger partial charge in [-0.25, -0.2) is 4.39 Å². The molecule has 0 bridgehead atoms. The third-order valence-electron chi connectivity index (χ3n) is 4.74. The van der Waals surface area contributed by atoms with E-state index >= 15 is 0 Å². The lowest BCUT2D eigenvalue weighted by atomic mass is 9.75. The molecular weight excluding hydrogens is 255 g/mol. The zero-order valence-corrected chi connectivity index (χ0v) is 12.2. The summed E-state index contributed by atoms with van der Waals surface area (Å²) in [5, 5.41) is 6.94. The van der Waals surface area contributed by atoms with Crippen LogP contribution < -0.4 is 15.4 Å². The predicted molar refractivity (Wildman–Crippen MR) is 77.4 cm³/mol. The number of fused-ring (bicyclic) bond motifs is 1. The Morgan fingerprint density at radius 3 is 3.10 bits per heavy atom. The lowest BCUT2D eigenvalue weighted by molar-refractivity contribution is -0.0373. The first kappa shape index (κ1) is 13.8. The van der Waals surface area contributed by atoms with Crippen LogP contribution >= 0.6 is 0 Å². The number of benzene rings is 1. The standard InChI is InChI=1S/C16H23FN2O/c1-3-19-14-9-16(6-7-18-10-11(16)2)20-15-8-12(17)4-5-13(14)15/h4-5,8,11,14,18-19H,3,6-7,9-10H2,1-2H3. The molecule has 1 aromatic carbocycles. The van der Waals surface area contributed by atoms with E-state index in [4.69, 9.17) is 4.74 Å². The summed E-state index contributed by atoms with van der Waals surface area (Å²) in [5.41, 5.74) is 0.920. The van der Waals surface area contributed by atoms with Crippen molar-refractivity contribution in [3.63, 3.8) is 0 Å². The topological polar surface area (TPSA) is 33.3 Å². The maximum absolute atomic E-state index is 13.5. The van der Waals surface area contributed by atoms with Crippen molar-refractivity contribution >= 4 is 0 Å². The number of piperidine rings is 1. The van der Waals surface area contributed by atoms with Crippen LogP contribution in [-0.2, 0) is 0 Å². The molecule has 1 saturated heterocycles. The second kappa shape index (κ2) is 5.34. The molecule has 2 aliphatic heterocycles. The summed E-state index contributed by atoms with van der Waals surface area (Å²) < 4.78 is 19.9. The number of halogens is 1. The van der Waals surface area contributed by atoms with Gasteiger partial charge in [0.2, 0.25) is 0 Å². The van der Waals surface area contributed by atoms with Gasteiger partial charge < -0.3 is 15.4 Å². The van der Waals surface area contributed by atoms with E-state index in [-0.39, 0.29) is 17.5 Å². The largest absolute Gasteiger partial charge is 0.486 e. The lowest BCUT2D eigenvalue weighted by Crippen LogP contribution is -2.56. The average Bonchev–Trinajstić information content (AvgIpc) is 2.42. The second-order valence-corrected chi connectivity index (χ2v) is 6.02. The van der Waals surface area contributed by atoms with E-state index in [2.05, 4.69) is 24.5 Å². The van der Waals surface area contributed by atoms with Crippen LogP contribution in [0.2, 0.25) is 0 Å². The molecule has 2 aliphatic rings. The van der Waals surface area contributed by atoms with Crippen LogP contribution in [0.5, 0.6) is 5.75 Å². The van der Waals surface area contributed by atoms with Crippen molar-refractivity contribution in [2.24, 2.45) is 5.92 Å². The number of hydrogen-bond donors (Lipinski definition) is 2. The summed E-state index contributed by atoms with van der Waals surface area (Å²) in [6, 6.07) is 5.17. The van der Waals surface area contributed by atoms with Gasteiger partial charge in [0, 0.05) is 36.6 Å². The molecule has 4 heteroatoms. The number of rotatable bonds is 2. The van der Waals surface area contributed by atoms with Gasteiger partial charge in [-0.05, 0) is 25.6 Å². The zero-order valence-electron chi connectivity index (χ0n) is 12.2. The van der Waals surface area contributed by atoms with Gasteiger partial charge >= 0.3 is 0 Å². The van der Waals surface area contributed by atoms with Crippen LogP contribution in [0.25, 0.3) is 0 Å². The molecule has 1 aromatic rings. The summed E-state index contributed by atoms with van der Waals surface area (Å²) in [7, 11) is 0. The highest BCUT2D eigenvalue weighted by Gasteiger charge is 2.46. The highest BCUT2D eigenvalue weighted by Crippen LogP contribution is 2.45. The van der Waals surface area contributed by atoms with Crippen molar-refractivity contribution < 1.29 is 9.13 Å². The maximum Gasteiger partial charge on any atom is 0.127 e. The summed E-state index contributed by atoms with van der Waals surface area (Å²) >= 11 is 0. The van der Waals surface area contributed by atoms with Crippen LogP contribution in [0.1, 0.15) is 38.3 Å². The van der Waals surface area contributed by atoms with Crippen molar-refractivity contribution in [3.05, 3.63) is 29.6 Å². The van der Waals surface area contributed by atoms with Gasteiger partial charge in [0.1, 0.15) is 17.2 Å². The van der Waals surface area contributed by atoms with Gasteiger partial charge in [0.25, 0.3) is 0 Å². The summed E-state index contributed by atoms with van der Waals surface area (Å²) in [4.78, 5) is 0. The zero-order chi connectivity index (χ0) is 14.2. The van der Waals surface area contributed by atoms with Gasteiger partial charge in [0.05, 0.1) is 0 Å². The molecule has 110 valence electrons. The van der Waals surface area contributed by atoms with E-state index in [1.807, 2.05) is 6.07 Å². The summed E-state index contributed by atoms with van der Waals surface area (Å²) in [6.07, 6.45) is 1.94. The molecule has 0 radical (unpaired) electrons. The Labute approximate surface area is 119 Å². The number of hydrogen-bond acceptors (Lipinski definition) is 3. The molecule has 0 aromatic heterocycles. The van der Waals surface area contributed by atoms with E-state index in [1.54, 1.807) is 0 Å². The maximum atomic E-state index is 13.5. The smallest absolute Gasteiger partial charge is 0.127 e. The van der Waals surface area contributed by atoms with E-state index < -0.39 is 0 Å². The molecule has 0 aliphatic carbocycles. The molecule has 3 unspecified atom stereocenters. The quantitative estimate of drug-likeness (QED) is 0.872. The van der Waals surface area contributed by atoms with Crippen molar-refractivity contribution in [1.82, 2.24) is 10.6 Å². The van der Waals surface area contributed by atoms with Crippen LogP contribution in [-0.4, -0.2) is 25.2 Å². The fourth-order valence-corrected chi connectivity index (χ4v) is 3.53. The first-order valence-electron chi connectivity index (χ1n) is 7.57. The SMILES string of the molecule is CCNC1CC2(CCNCC2C)Oc2cc(F)ccc21. The van der Waals surface area contributed by atoms with E-state index in [0.717, 1.165) is 43.8 Å². The Balaban J connectivity index is 1.98. The lowest BCUT2D eigenvalue weighted by Gasteiger charge is -2.48. The molecule has 1 spiro atoms. The molecule has 2 heterocycles. The summed E-state index contributed by atoms with van der Waals surface area (Å²) in [5.74, 6) is 0.919. The fourth-order valence-electron chi connectivity index (χ4n) is 3.53. The number of nitrogens with one attached hydrogen (secondary N) is 2. The summed E-state index contributed by atoms with van der Waals surface area (Å²) in [6.45, 7) is 7.16. The Bertz CT molecular complexity index is 493. The van der Waals surface area contributed by atoms with E-state index in [0.29, 0.717) is 5.92 Å². The van der Waals surface area contributed by atoms with Gasteiger partial charge in [-0.2, -0.15) is 0 Å². The van der Waals surface area contributed by atoms with Crippen molar-refractivity contribution in [2.45, 2.75) is 38.3 Å². The molecule has 0 amide bonds. The normalized spacial score (nSPS) is 32.8. The molecule has 3 rings (SSSR count). The number of ether oxygens (including phenoxy) is 1. The van der Waals surface area contributed by atoms with Gasteiger partial charge in [-0.3, -0.25) is 0 Å². The predicted octanol–water partition coefficient (Wildman–Crippen LogP) is 2.63. The van der Waals surface area contributed by atoms with Crippen LogP contribution in [0.3, 0.4) is 0 Å². The fraction of sp³-hybridized carbons (Fsp3) is 0.625. The monoisotopic (exact) mass is 278 g/mol. The van der Waals surface area contributed by atoms with Gasteiger partial charge in [0.15, 0.2) is 0 Å². The first-order valence-corrected chi connectivity index (χ1v) is 7.57. The molecule has 0 saturated carbocycles. The molecule has 20 heavy (non-hydrogen) atoms. The minimum Gasteiger partial charge on any atom is -0.486 e. The van der Waals surface area contributed by atoms with Gasteiger partial charge in [-0.1, -0.05) is 19.9 Å². The second-order valence-electron chi connectivity index (χ2n) is 6.02. The highest BCUT2D eigenvalue weighted by atomic mass is 19.1. The highest BCUT2D eigenvalue weighted by molar-refractivity contribution is 5.40. The minimum atomic E-state index is -0.224. The van der Waals surface area contributed by atoms with Crippen LogP contribution in [0.15, 0.2) is 18.2 Å². The molecule has 1 fully saturated rings. The molecule has 3 nitrogen and oxygen atoms in total. The van der Waals surface area contributed by atoms with Gasteiger partial charge in [-0.15, -0.1) is 0 Å². The molecule has 2 N–H and O–H groups in total. The Morgan fingerprint density at radius 1 is 1.50 bits per heavy atom. The van der Waals surface area contributed by atoms with Crippen molar-refractivity contribution in [3.8, 4) is 5.75 Å². The van der Waals surface area contributed by atoms with E-state index in [1.165, 1.54) is 12.1 Å². The molecular formula is C16H23FN2O. The van der Waals surface area contributed by atoms with Crippen LogP contribution in [0.4, 0.5) is 4.39 Å². The third-order valence-corrected chi connectivity index (χ3v) is 4.74. The van der Waals surface area contributed by atoms with Crippen molar-refractivity contribution in [1.29, 1.82) is 0 Å².